The van der Waals surface area contributed by atoms with Crippen molar-refractivity contribution < 1.29 is 33.5 Å². The molecule has 0 aliphatic heterocycles. The van der Waals surface area contributed by atoms with E-state index in [9.17, 15) is 14.4 Å². The van der Waals surface area contributed by atoms with Gasteiger partial charge in [0, 0.05) is 12.8 Å². The molecule has 3 unspecified atom stereocenters. The summed E-state index contributed by atoms with van der Waals surface area (Å²) in [7, 11) is -2.52. The zero-order valence-corrected chi connectivity index (χ0v) is 27.6. The summed E-state index contributed by atoms with van der Waals surface area (Å²) >= 11 is 0. The lowest BCUT2D eigenvalue weighted by Crippen LogP contribution is -2.55. The van der Waals surface area contributed by atoms with Gasteiger partial charge >= 0.3 is 8.60 Å². The number of hydrogen-bond donors (Lipinski definition) is 6. The molecular weight excluding hydrogens is 559 g/mol. The molecule has 8 N–H and O–H groups in total. The Bertz CT molecular complexity index is 906. The summed E-state index contributed by atoms with van der Waals surface area (Å²) in [6, 6.07) is 4.69. The van der Waals surface area contributed by atoms with E-state index in [2.05, 4.69) is 51.0 Å². The number of nitrogens with one attached hydrogen (secondary N) is 2. The Morgan fingerprint density at radius 2 is 1.57 bits per heavy atom. The number of benzene rings is 1. The molecule has 1 aromatic carbocycles. The van der Waals surface area contributed by atoms with Crippen LogP contribution in [0.5, 0.6) is 5.75 Å². The van der Waals surface area contributed by atoms with Gasteiger partial charge in [0.2, 0.25) is 24.1 Å². The van der Waals surface area contributed by atoms with Gasteiger partial charge < -0.3 is 36.4 Å². The highest BCUT2D eigenvalue weighted by Crippen LogP contribution is 2.28. The van der Waals surface area contributed by atoms with Crippen LogP contribution in [-0.4, -0.2) is 46.0 Å². The van der Waals surface area contributed by atoms with Crippen LogP contribution in [0.3, 0.4) is 0 Å². The molecule has 0 radical (unpaired) electrons. The van der Waals surface area contributed by atoms with Crippen LogP contribution in [0.15, 0.2) is 24.3 Å². The first kappa shape index (κ1) is 41.4. The Kier molecular flexibility index (Phi) is 22.5. The van der Waals surface area contributed by atoms with Crippen molar-refractivity contribution in [2.24, 2.45) is 28.7 Å². The molecule has 1 aromatic rings. The van der Waals surface area contributed by atoms with Gasteiger partial charge in [0.05, 0.1) is 0 Å². The molecule has 3 atom stereocenters. The fourth-order valence-corrected chi connectivity index (χ4v) is 4.55. The molecule has 1 rings (SSSR count). The summed E-state index contributed by atoms with van der Waals surface area (Å²) in [6.07, 6.45) is 5.35. The molecule has 0 fully saturated rings. The summed E-state index contributed by atoms with van der Waals surface area (Å²) in [5, 5.41) is 5.44. The van der Waals surface area contributed by atoms with Crippen molar-refractivity contribution in [3.05, 3.63) is 29.8 Å². The van der Waals surface area contributed by atoms with Crippen LogP contribution in [0.2, 0.25) is 0 Å². The maximum Gasteiger partial charge on any atom is 0.391 e. The zero-order valence-electron chi connectivity index (χ0n) is 26.7. The smallest absolute Gasteiger partial charge is 0.391 e. The number of hydrogen-bond acceptors (Lipinski definition) is 7. The number of carbonyl (C=O) groups excluding carboxylic acids is 4. The minimum Gasteiger partial charge on any atom is -0.427 e. The van der Waals surface area contributed by atoms with Crippen molar-refractivity contribution in [2.75, 3.05) is 0 Å². The van der Waals surface area contributed by atoms with E-state index in [-0.39, 0.29) is 30.4 Å². The predicted molar refractivity (Wildman–Crippen MR) is 168 cm³/mol. The van der Waals surface area contributed by atoms with Gasteiger partial charge in [-0.1, -0.05) is 86.8 Å². The molecule has 0 bridgehead atoms. The average Bonchev–Trinajstić information content (AvgIpc) is 2.86. The summed E-state index contributed by atoms with van der Waals surface area (Å²) in [5.74, 6) is -0.376. The van der Waals surface area contributed by atoms with E-state index in [1.165, 1.54) is 6.42 Å². The van der Waals surface area contributed by atoms with Crippen LogP contribution in [-0.2, 0) is 25.6 Å². The van der Waals surface area contributed by atoms with Gasteiger partial charge in [-0.2, -0.15) is 0 Å². The Hall–Kier alpha value is -2.75. The SMILES string of the molecule is CC(C)CC(C)(C)C.CCCCCC(=O)NC(Cc1ccc(OP(O)O)cc1)C(=O)NC(C(N)=O)C(C)CC.NC=O. The fourth-order valence-electron chi connectivity index (χ4n) is 4.24. The standard InChI is InChI=1S/C21H34N3O6P.C8H18.CH3NO/c1-4-6-7-8-18(25)23-17(21(27)24-19(20(22)26)14(3)5-2)13-15-9-11-16(12-10-15)30-31(28)29;1-7(2)6-8(3,4)5;2-1-3/h9-12,14,17,19,28-29H,4-8,13H2,1-3H3,(H2,22,26)(H,23,25)(H,24,27);7H,6H2,1-5H3;1H,(H2,2,3). The Morgan fingerprint density at radius 3 is 1.95 bits per heavy atom. The summed E-state index contributed by atoms with van der Waals surface area (Å²) < 4.78 is 4.83. The first-order valence-corrected chi connectivity index (χ1v) is 15.7. The van der Waals surface area contributed by atoms with E-state index in [1.807, 2.05) is 20.8 Å². The number of rotatable bonds is 15. The Morgan fingerprint density at radius 1 is 1.02 bits per heavy atom. The van der Waals surface area contributed by atoms with Gasteiger partial charge in [-0.15, -0.1) is 0 Å². The Balaban J connectivity index is 0. The number of amides is 4. The molecule has 12 heteroatoms. The minimum atomic E-state index is -2.52. The van der Waals surface area contributed by atoms with Crippen LogP contribution >= 0.6 is 8.60 Å². The van der Waals surface area contributed by atoms with E-state index in [4.69, 9.17) is 24.8 Å². The number of nitrogens with two attached hydrogens (primary N) is 2. The highest BCUT2D eigenvalue weighted by atomic mass is 31.2. The molecule has 0 aromatic heterocycles. The van der Waals surface area contributed by atoms with Gasteiger partial charge in [-0.3, -0.25) is 19.2 Å². The van der Waals surface area contributed by atoms with Crippen molar-refractivity contribution in [3.8, 4) is 5.75 Å². The van der Waals surface area contributed by atoms with Gasteiger partial charge in [-0.25, -0.2) is 0 Å². The predicted octanol–water partition coefficient (Wildman–Crippen LogP) is 4.08. The van der Waals surface area contributed by atoms with E-state index < -0.39 is 32.5 Å². The second-order valence-electron chi connectivity index (χ2n) is 11.8. The number of primary amides is 2. The fraction of sp³-hybridized carbons (Fsp3) is 0.667. The van der Waals surface area contributed by atoms with Crippen molar-refractivity contribution >= 4 is 32.7 Å². The third kappa shape index (κ3) is 21.9. The third-order valence-electron chi connectivity index (χ3n) is 6.05. The molecule has 0 aliphatic rings. The van der Waals surface area contributed by atoms with E-state index in [0.717, 1.165) is 30.7 Å². The molecule has 0 saturated heterocycles. The quantitative estimate of drug-likeness (QED) is 0.0973. The lowest BCUT2D eigenvalue weighted by atomic mass is 9.86. The van der Waals surface area contributed by atoms with E-state index >= 15 is 0 Å². The van der Waals surface area contributed by atoms with Crippen molar-refractivity contribution in [2.45, 2.75) is 112 Å². The van der Waals surface area contributed by atoms with Crippen molar-refractivity contribution in [1.29, 1.82) is 0 Å². The monoisotopic (exact) mass is 614 g/mol. The lowest BCUT2D eigenvalue weighted by molar-refractivity contribution is -0.132. The maximum atomic E-state index is 12.9. The molecule has 4 amide bonds. The average molecular weight is 615 g/mol. The molecular formula is C30H55N4O7P. The zero-order chi connectivity index (χ0) is 32.9. The molecule has 0 heterocycles. The van der Waals surface area contributed by atoms with E-state index in [1.54, 1.807) is 24.3 Å². The largest absolute Gasteiger partial charge is 0.427 e. The second kappa shape index (κ2) is 22.8. The minimum absolute atomic E-state index is 0.148. The van der Waals surface area contributed by atoms with Gasteiger partial charge in [0.15, 0.2) is 0 Å². The first-order valence-electron chi connectivity index (χ1n) is 14.5. The second-order valence-corrected chi connectivity index (χ2v) is 12.5. The summed E-state index contributed by atoms with van der Waals surface area (Å²) in [4.78, 5) is 63.5. The van der Waals surface area contributed by atoms with Crippen LogP contribution < -0.4 is 26.6 Å². The topological polar surface area (TPSA) is 194 Å². The van der Waals surface area contributed by atoms with Gasteiger partial charge in [-0.05, 0) is 47.8 Å². The maximum absolute atomic E-state index is 12.9. The highest BCUT2D eigenvalue weighted by molar-refractivity contribution is 7.39. The molecule has 0 saturated carbocycles. The van der Waals surface area contributed by atoms with Crippen LogP contribution in [0.25, 0.3) is 0 Å². The van der Waals surface area contributed by atoms with Gasteiger partial charge in [0.25, 0.3) is 0 Å². The summed E-state index contributed by atoms with van der Waals surface area (Å²) in [5.41, 5.74) is 10.9. The van der Waals surface area contributed by atoms with Gasteiger partial charge in [0.1, 0.15) is 17.8 Å². The van der Waals surface area contributed by atoms with Crippen LogP contribution in [0.1, 0.15) is 99.5 Å². The van der Waals surface area contributed by atoms with Crippen molar-refractivity contribution in [1.82, 2.24) is 10.6 Å². The van der Waals surface area contributed by atoms with Crippen LogP contribution in [0, 0.1) is 17.3 Å². The highest BCUT2D eigenvalue weighted by Gasteiger charge is 2.28. The first-order chi connectivity index (χ1) is 19.5. The third-order valence-corrected chi connectivity index (χ3v) is 6.42. The molecule has 0 aliphatic carbocycles. The number of carbonyl (C=O) groups is 4. The van der Waals surface area contributed by atoms with E-state index in [0.29, 0.717) is 18.3 Å². The molecule has 0 spiro atoms. The van der Waals surface area contributed by atoms with Crippen molar-refractivity contribution in [3.63, 3.8) is 0 Å². The molecule has 42 heavy (non-hydrogen) atoms. The molecule has 242 valence electrons. The Labute approximate surface area is 253 Å². The number of unbranched alkanes of at least 4 members (excludes halogenated alkanes) is 2. The normalized spacial score (nSPS) is 13.0. The lowest BCUT2D eigenvalue weighted by Gasteiger charge is -2.25. The summed E-state index contributed by atoms with van der Waals surface area (Å²) in [6.45, 7) is 17.2. The van der Waals surface area contributed by atoms with Crippen LogP contribution in [0.4, 0.5) is 0 Å². The molecule has 11 nitrogen and oxygen atoms in total.